The molecule has 1 aliphatic rings. The van der Waals surface area contributed by atoms with E-state index in [4.69, 9.17) is 0 Å². The van der Waals surface area contributed by atoms with Crippen molar-refractivity contribution in [3.63, 3.8) is 0 Å². The van der Waals surface area contributed by atoms with E-state index in [9.17, 15) is 0 Å². The molecule has 18 heavy (non-hydrogen) atoms. The van der Waals surface area contributed by atoms with Crippen LogP contribution in [-0.2, 0) is 6.42 Å². The highest BCUT2D eigenvalue weighted by atomic mass is 14.9. The lowest BCUT2D eigenvalue weighted by Crippen LogP contribution is -2.05. The van der Waals surface area contributed by atoms with Crippen LogP contribution in [0.25, 0.3) is 0 Å². The molecular formula is C17H19N. The van der Waals surface area contributed by atoms with Crippen LogP contribution in [0.4, 0.5) is 5.69 Å². The van der Waals surface area contributed by atoms with E-state index >= 15 is 0 Å². The fraction of sp³-hybridized carbons (Fsp3) is 0.294. The zero-order valence-corrected chi connectivity index (χ0v) is 11.2. The molecule has 3 rings (SSSR count). The van der Waals surface area contributed by atoms with Gasteiger partial charge < -0.3 is 5.32 Å². The standard InChI is InChI=1S/C17H19N/c1-11-4-6-14(7-5-11)17-10-15-8-12(2)13(3)9-16(15)18-17/h4-9,17-18H,10H2,1-3H3. The van der Waals surface area contributed by atoms with Crippen molar-refractivity contribution in [3.05, 3.63) is 64.2 Å². The molecular weight excluding hydrogens is 218 g/mol. The third-order valence-corrected chi connectivity index (χ3v) is 3.95. The van der Waals surface area contributed by atoms with Crippen molar-refractivity contribution in [2.75, 3.05) is 5.32 Å². The number of hydrogen-bond acceptors (Lipinski definition) is 1. The van der Waals surface area contributed by atoms with Crippen LogP contribution in [0.1, 0.15) is 33.9 Å². The van der Waals surface area contributed by atoms with Gasteiger partial charge in [-0.15, -0.1) is 0 Å². The second-order valence-electron chi connectivity index (χ2n) is 5.41. The van der Waals surface area contributed by atoms with Gasteiger partial charge in [-0.1, -0.05) is 35.9 Å². The minimum atomic E-state index is 0.432. The summed E-state index contributed by atoms with van der Waals surface area (Å²) in [6.45, 7) is 6.50. The van der Waals surface area contributed by atoms with E-state index in [2.05, 4.69) is 62.5 Å². The summed E-state index contributed by atoms with van der Waals surface area (Å²) < 4.78 is 0. The van der Waals surface area contributed by atoms with Crippen molar-refractivity contribution >= 4 is 5.69 Å². The largest absolute Gasteiger partial charge is 0.378 e. The molecule has 0 amide bonds. The third kappa shape index (κ3) is 1.90. The molecule has 1 heterocycles. The summed E-state index contributed by atoms with van der Waals surface area (Å²) in [6.07, 6.45) is 1.10. The summed E-state index contributed by atoms with van der Waals surface area (Å²) in [7, 11) is 0. The normalized spacial score (nSPS) is 17.4. The maximum absolute atomic E-state index is 3.64. The Morgan fingerprint density at radius 2 is 1.61 bits per heavy atom. The van der Waals surface area contributed by atoms with Crippen molar-refractivity contribution < 1.29 is 0 Å². The molecule has 1 N–H and O–H groups in total. The van der Waals surface area contributed by atoms with Crippen molar-refractivity contribution in [2.45, 2.75) is 33.2 Å². The van der Waals surface area contributed by atoms with Crippen LogP contribution >= 0.6 is 0 Å². The SMILES string of the molecule is Cc1ccc(C2Cc3cc(C)c(C)cc3N2)cc1. The van der Waals surface area contributed by atoms with Crippen molar-refractivity contribution in [3.8, 4) is 0 Å². The van der Waals surface area contributed by atoms with Crippen LogP contribution in [0.5, 0.6) is 0 Å². The van der Waals surface area contributed by atoms with Gasteiger partial charge in [0.05, 0.1) is 6.04 Å². The van der Waals surface area contributed by atoms with Crippen LogP contribution in [0.2, 0.25) is 0 Å². The fourth-order valence-corrected chi connectivity index (χ4v) is 2.64. The molecule has 0 radical (unpaired) electrons. The first-order valence-corrected chi connectivity index (χ1v) is 6.57. The second kappa shape index (κ2) is 4.16. The first kappa shape index (κ1) is 11.3. The lowest BCUT2D eigenvalue weighted by atomic mass is 10.00. The van der Waals surface area contributed by atoms with Gasteiger partial charge in [0.15, 0.2) is 0 Å². The first-order valence-electron chi connectivity index (χ1n) is 6.57. The summed E-state index contributed by atoms with van der Waals surface area (Å²) in [4.78, 5) is 0. The Hall–Kier alpha value is -1.76. The summed E-state index contributed by atoms with van der Waals surface area (Å²) in [5.41, 5.74) is 8.21. The zero-order chi connectivity index (χ0) is 12.7. The fourth-order valence-electron chi connectivity index (χ4n) is 2.64. The van der Waals surface area contributed by atoms with Gasteiger partial charge in [0, 0.05) is 5.69 Å². The zero-order valence-electron chi connectivity index (χ0n) is 11.2. The smallest absolute Gasteiger partial charge is 0.0555 e. The highest BCUT2D eigenvalue weighted by molar-refractivity contribution is 5.61. The number of anilines is 1. The number of fused-ring (bicyclic) bond motifs is 1. The van der Waals surface area contributed by atoms with Crippen LogP contribution < -0.4 is 5.32 Å². The molecule has 1 atom stereocenters. The molecule has 0 saturated carbocycles. The lowest BCUT2D eigenvalue weighted by Gasteiger charge is -2.11. The molecule has 1 heteroatoms. The molecule has 0 spiro atoms. The number of hydrogen-bond donors (Lipinski definition) is 1. The minimum absolute atomic E-state index is 0.432. The van der Waals surface area contributed by atoms with Gasteiger partial charge in [0.1, 0.15) is 0 Å². The summed E-state index contributed by atoms with van der Waals surface area (Å²) in [5, 5.41) is 3.64. The van der Waals surface area contributed by atoms with E-state index in [1.807, 2.05) is 0 Å². The summed E-state index contributed by atoms with van der Waals surface area (Å²) in [6, 6.07) is 13.9. The summed E-state index contributed by atoms with van der Waals surface area (Å²) >= 11 is 0. The predicted octanol–water partition coefficient (Wildman–Crippen LogP) is 4.32. The van der Waals surface area contributed by atoms with E-state index in [0.717, 1.165) is 6.42 Å². The molecule has 1 aliphatic heterocycles. The van der Waals surface area contributed by atoms with Gasteiger partial charge in [-0.25, -0.2) is 0 Å². The first-order chi connectivity index (χ1) is 8.63. The van der Waals surface area contributed by atoms with Crippen LogP contribution in [-0.4, -0.2) is 0 Å². The molecule has 1 nitrogen and oxygen atoms in total. The highest BCUT2D eigenvalue weighted by Gasteiger charge is 2.22. The Balaban J connectivity index is 1.91. The van der Waals surface area contributed by atoms with Gasteiger partial charge in [0.25, 0.3) is 0 Å². The molecule has 0 saturated heterocycles. The molecule has 2 aromatic rings. The molecule has 92 valence electrons. The molecule has 0 fully saturated rings. The lowest BCUT2D eigenvalue weighted by molar-refractivity contribution is 0.823. The second-order valence-corrected chi connectivity index (χ2v) is 5.41. The van der Waals surface area contributed by atoms with Gasteiger partial charge in [-0.3, -0.25) is 0 Å². The Morgan fingerprint density at radius 3 is 2.33 bits per heavy atom. The van der Waals surface area contributed by atoms with E-state index in [0.29, 0.717) is 6.04 Å². The summed E-state index contributed by atoms with van der Waals surface area (Å²) in [5.74, 6) is 0. The Morgan fingerprint density at radius 1 is 0.944 bits per heavy atom. The monoisotopic (exact) mass is 237 g/mol. The third-order valence-electron chi connectivity index (χ3n) is 3.95. The van der Waals surface area contributed by atoms with Gasteiger partial charge in [-0.2, -0.15) is 0 Å². The number of rotatable bonds is 1. The van der Waals surface area contributed by atoms with Crippen LogP contribution in [0.15, 0.2) is 36.4 Å². The van der Waals surface area contributed by atoms with E-state index in [-0.39, 0.29) is 0 Å². The molecule has 1 unspecified atom stereocenters. The average molecular weight is 237 g/mol. The predicted molar refractivity (Wildman–Crippen MR) is 77.2 cm³/mol. The quantitative estimate of drug-likeness (QED) is 0.778. The molecule has 2 aromatic carbocycles. The van der Waals surface area contributed by atoms with Crippen LogP contribution in [0.3, 0.4) is 0 Å². The van der Waals surface area contributed by atoms with E-state index in [1.54, 1.807) is 0 Å². The highest BCUT2D eigenvalue weighted by Crippen LogP contribution is 2.35. The molecule has 0 aliphatic carbocycles. The number of nitrogens with one attached hydrogen (secondary N) is 1. The molecule has 0 bridgehead atoms. The van der Waals surface area contributed by atoms with Crippen LogP contribution in [0, 0.1) is 20.8 Å². The maximum Gasteiger partial charge on any atom is 0.0555 e. The average Bonchev–Trinajstić information content (AvgIpc) is 2.73. The Bertz CT molecular complexity index is 550. The van der Waals surface area contributed by atoms with Crippen molar-refractivity contribution in [1.82, 2.24) is 0 Å². The van der Waals surface area contributed by atoms with Gasteiger partial charge in [0.2, 0.25) is 0 Å². The Kier molecular flexibility index (Phi) is 2.62. The van der Waals surface area contributed by atoms with Gasteiger partial charge in [-0.05, 0) is 55.5 Å². The topological polar surface area (TPSA) is 12.0 Å². The van der Waals surface area contributed by atoms with Gasteiger partial charge >= 0.3 is 0 Å². The maximum atomic E-state index is 3.64. The minimum Gasteiger partial charge on any atom is -0.378 e. The number of aryl methyl sites for hydroxylation is 3. The van der Waals surface area contributed by atoms with Crippen molar-refractivity contribution in [2.24, 2.45) is 0 Å². The van der Waals surface area contributed by atoms with E-state index in [1.165, 1.54) is 33.5 Å². The molecule has 0 aromatic heterocycles. The van der Waals surface area contributed by atoms with E-state index < -0.39 is 0 Å². The van der Waals surface area contributed by atoms with Crippen molar-refractivity contribution in [1.29, 1.82) is 0 Å². The Labute approximate surface area is 109 Å². The number of benzene rings is 2.